The van der Waals surface area contributed by atoms with E-state index in [-0.39, 0.29) is 23.9 Å². The van der Waals surface area contributed by atoms with Crippen molar-refractivity contribution in [3.63, 3.8) is 0 Å². The standard InChI is InChI=1S/C12H19N3O5S/c1-8-10(12(17)18)11(14-13-8)21(19,20)15-6-2-4-9(15)5-3-7-16/h9,16H,2-7H2,1H3,(H,13,14)(H,17,18). The van der Waals surface area contributed by atoms with Gasteiger partial charge in [-0.3, -0.25) is 5.10 Å². The van der Waals surface area contributed by atoms with Gasteiger partial charge in [0.05, 0.1) is 0 Å². The highest BCUT2D eigenvalue weighted by molar-refractivity contribution is 7.89. The van der Waals surface area contributed by atoms with Gasteiger partial charge < -0.3 is 10.2 Å². The summed E-state index contributed by atoms with van der Waals surface area (Å²) < 4.78 is 26.6. The van der Waals surface area contributed by atoms with Crippen LogP contribution in [0.25, 0.3) is 0 Å². The summed E-state index contributed by atoms with van der Waals surface area (Å²) in [5.74, 6) is -1.31. The third-order valence-electron chi connectivity index (χ3n) is 3.70. The van der Waals surface area contributed by atoms with E-state index in [0.717, 1.165) is 6.42 Å². The number of aryl methyl sites for hydroxylation is 1. The molecular weight excluding hydrogens is 298 g/mol. The van der Waals surface area contributed by atoms with Crippen molar-refractivity contribution in [2.75, 3.05) is 13.2 Å². The van der Waals surface area contributed by atoms with Gasteiger partial charge in [0.1, 0.15) is 5.56 Å². The number of aliphatic hydroxyl groups excluding tert-OH is 1. The summed E-state index contributed by atoms with van der Waals surface area (Å²) in [7, 11) is -3.94. The normalized spacial score (nSPS) is 20.0. The van der Waals surface area contributed by atoms with Crippen molar-refractivity contribution in [2.45, 2.75) is 43.7 Å². The molecule has 0 saturated carbocycles. The summed E-state index contributed by atoms with van der Waals surface area (Å²) >= 11 is 0. The molecule has 1 fully saturated rings. The molecular formula is C12H19N3O5S. The van der Waals surface area contributed by atoms with Gasteiger partial charge in [0.25, 0.3) is 10.0 Å². The number of aliphatic hydroxyl groups is 1. The highest BCUT2D eigenvalue weighted by Gasteiger charge is 2.39. The van der Waals surface area contributed by atoms with E-state index in [4.69, 9.17) is 5.11 Å². The molecule has 1 aliphatic rings. The van der Waals surface area contributed by atoms with Gasteiger partial charge in [0.15, 0.2) is 0 Å². The fourth-order valence-corrected chi connectivity index (χ4v) is 4.55. The lowest BCUT2D eigenvalue weighted by Gasteiger charge is -2.23. The molecule has 0 amide bonds. The van der Waals surface area contributed by atoms with Gasteiger partial charge in [-0.05, 0) is 32.6 Å². The zero-order valence-electron chi connectivity index (χ0n) is 11.7. The van der Waals surface area contributed by atoms with Crippen LogP contribution in [0.4, 0.5) is 0 Å². The van der Waals surface area contributed by atoms with E-state index < -0.39 is 21.0 Å². The monoisotopic (exact) mass is 317 g/mol. The number of aromatic carboxylic acids is 1. The Bertz CT molecular complexity index is 625. The van der Waals surface area contributed by atoms with Crippen molar-refractivity contribution < 1.29 is 23.4 Å². The summed E-state index contributed by atoms with van der Waals surface area (Å²) in [6.07, 6.45) is 2.51. The Labute approximate surface area is 122 Å². The molecule has 0 bridgehead atoms. The number of carboxylic acids is 1. The van der Waals surface area contributed by atoms with Gasteiger partial charge in [-0.1, -0.05) is 0 Å². The smallest absolute Gasteiger partial charge is 0.340 e. The minimum atomic E-state index is -3.94. The number of hydrogen-bond donors (Lipinski definition) is 3. The summed E-state index contributed by atoms with van der Waals surface area (Å²) in [5, 5.41) is 23.7. The van der Waals surface area contributed by atoms with Crippen molar-refractivity contribution in [1.82, 2.24) is 14.5 Å². The Kier molecular flexibility index (Phi) is 4.64. The maximum Gasteiger partial charge on any atom is 0.340 e. The SMILES string of the molecule is Cc1[nH]nc(S(=O)(=O)N2CCCC2CCCO)c1C(=O)O. The van der Waals surface area contributed by atoms with E-state index >= 15 is 0 Å². The van der Waals surface area contributed by atoms with E-state index in [1.165, 1.54) is 11.2 Å². The number of nitrogens with zero attached hydrogens (tertiary/aromatic N) is 2. The van der Waals surface area contributed by atoms with Crippen LogP contribution >= 0.6 is 0 Å². The van der Waals surface area contributed by atoms with Crippen molar-refractivity contribution in [3.8, 4) is 0 Å². The van der Waals surface area contributed by atoms with Crippen molar-refractivity contribution in [2.24, 2.45) is 0 Å². The lowest BCUT2D eigenvalue weighted by atomic mass is 10.1. The number of nitrogens with one attached hydrogen (secondary N) is 1. The van der Waals surface area contributed by atoms with E-state index in [1.54, 1.807) is 0 Å². The van der Waals surface area contributed by atoms with Crippen LogP contribution in [0.15, 0.2) is 5.03 Å². The number of rotatable bonds is 6. The first kappa shape index (κ1) is 15.9. The first-order chi connectivity index (χ1) is 9.89. The van der Waals surface area contributed by atoms with Crippen LogP contribution in [0.2, 0.25) is 0 Å². The largest absolute Gasteiger partial charge is 0.478 e. The lowest BCUT2D eigenvalue weighted by Crippen LogP contribution is -2.36. The maximum atomic E-state index is 12.7. The molecule has 1 unspecified atom stereocenters. The Morgan fingerprint density at radius 1 is 1.52 bits per heavy atom. The molecule has 118 valence electrons. The Morgan fingerprint density at radius 3 is 2.86 bits per heavy atom. The number of hydrogen-bond acceptors (Lipinski definition) is 5. The van der Waals surface area contributed by atoms with Crippen molar-refractivity contribution >= 4 is 16.0 Å². The number of sulfonamides is 1. The minimum absolute atomic E-state index is 0.00623. The Balaban J connectivity index is 2.36. The van der Waals surface area contributed by atoms with Crippen LogP contribution in [0, 0.1) is 6.92 Å². The van der Waals surface area contributed by atoms with Crippen molar-refractivity contribution in [3.05, 3.63) is 11.3 Å². The fourth-order valence-electron chi connectivity index (χ4n) is 2.70. The number of aromatic amines is 1. The molecule has 0 aliphatic carbocycles. The summed E-state index contributed by atoms with van der Waals surface area (Å²) in [4.78, 5) is 11.2. The first-order valence-electron chi connectivity index (χ1n) is 6.80. The molecule has 1 aromatic heterocycles. The maximum absolute atomic E-state index is 12.7. The number of carboxylic acid groups (broad SMARTS) is 1. The molecule has 2 rings (SSSR count). The van der Waals surface area contributed by atoms with E-state index in [9.17, 15) is 18.3 Å². The average molecular weight is 317 g/mol. The van der Waals surface area contributed by atoms with Gasteiger partial charge in [-0.25, -0.2) is 13.2 Å². The summed E-state index contributed by atoms with van der Waals surface area (Å²) in [5.41, 5.74) is -0.0880. The van der Waals surface area contributed by atoms with Crippen LogP contribution in [0.3, 0.4) is 0 Å². The van der Waals surface area contributed by atoms with Crippen LogP contribution in [0.1, 0.15) is 41.7 Å². The molecule has 1 aromatic rings. The molecule has 9 heteroatoms. The molecule has 0 spiro atoms. The average Bonchev–Trinajstić information content (AvgIpc) is 3.02. The Hall–Kier alpha value is -1.45. The number of aromatic nitrogens is 2. The summed E-state index contributed by atoms with van der Waals surface area (Å²) in [6.45, 7) is 1.83. The third kappa shape index (κ3) is 2.94. The molecule has 3 N–H and O–H groups in total. The van der Waals surface area contributed by atoms with E-state index in [1.807, 2.05) is 0 Å². The minimum Gasteiger partial charge on any atom is -0.478 e. The van der Waals surface area contributed by atoms with Crippen LogP contribution in [-0.4, -0.2) is 58.3 Å². The predicted molar refractivity (Wildman–Crippen MR) is 73.5 cm³/mol. The molecule has 0 radical (unpaired) electrons. The van der Waals surface area contributed by atoms with Crippen LogP contribution in [0.5, 0.6) is 0 Å². The quantitative estimate of drug-likeness (QED) is 0.695. The zero-order valence-corrected chi connectivity index (χ0v) is 12.6. The zero-order chi connectivity index (χ0) is 15.6. The van der Waals surface area contributed by atoms with Gasteiger partial charge in [-0.15, -0.1) is 0 Å². The second kappa shape index (κ2) is 6.12. The third-order valence-corrected chi connectivity index (χ3v) is 5.58. The van der Waals surface area contributed by atoms with E-state index in [2.05, 4.69) is 10.2 Å². The molecule has 8 nitrogen and oxygen atoms in total. The predicted octanol–water partition coefficient (Wildman–Crippen LogP) is 0.342. The molecule has 1 aliphatic heterocycles. The Morgan fingerprint density at radius 2 is 2.24 bits per heavy atom. The molecule has 0 aromatic carbocycles. The second-order valence-corrected chi connectivity index (χ2v) is 6.92. The lowest BCUT2D eigenvalue weighted by molar-refractivity contribution is 0.0691. The molecule has 21 heavy (non-hydrogen) atoms. The molecule has 1 atom stereocenters. The summed E-state index contributed by atoms with van der Waals surface area (Å²) in [6, 6.07) is -0.208. The number of H-pyrrole nitrogens is 1. The topological polar surface area (TPSA) is 124 Å². The second-order valence-electron chi connectivity index (χ2n) is 5.11. The van der Waals surface area contributed by atoms with Gasteiger partial charge in [0, 0.05) is 24.9 Å². The highest BCUT2D eigenvalue weighted by atomic mass is 32.2. The highest BCUT2D eigenvalue weighted by Crippen LogP contribution is 2.29. The van der Waals surface area contributed by atoms with Gasteiger partial charge in [0.2, 0.25) is 5.03 Å². The van der Waals surface area contributed by atoms with Crippen LogP contribution < -0.4 is 0 Å². The van der Waals surface area contributed by atoms with Crippen LogP contribution in [-0.2, 0) is 10.0 Å². The van der Waals surface area contributed by atoms with Gasteiger partial charge in [-0.2, -0.15) is 9.40 Å². The van der Waals surface area contributed by atoms with E-state index in [0.29, 0.717) is 25.8 Å². The number of carbonyl (C=O) groups is 1. The van der Waals surface area contributed by atoms with Gasteiger partial charge >= 0.3 is 5.97 Å². The van der Waals surface area contributed by atoms with Crippen molar-refractivity contribution in [1.29, 1.82) is 0 Å². The molecule has 1 saturated heterocycles. The molecule has 2 heterocycles. The fraction of sp³-hybridized carbons (Fsp3) is 0.667. The first-order valence-corrected chi connectivity index (χ1v) is 8.24.